The molecule has 0 radical (unpaired) electrons. The number of carbonyl (C=O) groups is 1. The van der Waals surface area contributed by atoms with Crippen LogP contribution in [0.15, 0.2) is 36.7 Å². The number of urea groups is 1. The van der Waals surface area contributed by atoms with E-state index in [9.17, 15) is 4.79 Å². The van der Waals surface area contributed by atoms with Crippen molar-refractivity contribution in [2.75, 3.05) is 32.0 Å². The maximum atomic E-state index is 12.8. The Balaban J connectivity index is 1.76. The molecule has 6 nitrogen and oxygen atoms in total. The van der Waals surface area contributed by atoms with Crippen molar-refractivity contribution in [3.63, 3.8) is 0 Å². The molecule has 2 aromatic rings. The van der Waals surface area contributed by atoms with Gasteiger partial charge in [-0.1, -0.05) is 26.0 Å². The molecule has 2 heterocycles. The fourth-order valence-electron chi connectivity index (χ4n) is 3.35. The normalized spacial score (nSPS) is 18.6. The van der Waals surface area contributed by atoms with Crippen molar-refractivity contribution in [1.82, 2.24) is 19.4 Å². The molecule has 0 aliphatic carbocycles. The van der Waals surface area contributed by atoms with Crippen molar-refractivity contribution in [2.24, 2.45) is 13.0 Å². The van der Waals surface area contributed by atoms with Crippen LogP contribution in [0.2, 0.25) is 0 Å². The number of piperazine rings is 1. The Morgan fingerprint density at radius 2 is 2.08 bits per heavy atom. The van der Waals surface area contributed by atoms with Crippen LogP contribution in [0.5, 0.6) is 0 Å². The SMILES string of the molecule is CC(C)[C@H]1CN(C)CCN1C(=O)Nc1cccc(-c2nccn2C)c1. The van der Waals surface area contributed by atoms with Crippen molar-refractivity contribution >= 4 is 11.7 Å². The van der Waals surface area contributed by atoms with Crippen LogP contribution >= 0.6 is 0 Å². The molecule has 1 saturated heterocycles. The molecule has 1 aliphatic heterocycles. The van der Waals surface area contributed by atoms with Gasteiger partial charge < -0.3 is 19.7 Å². The molecule has 1 aromatic heterocycles. The second kappa shape index (κ2) is 7.27. The first-order chi connectivity index (χ1) is 12.0. The third kappa shape index (κ3) is 3.85. The van der Waals surface area contributed by atoms with E-state index in [1.807, 2.05) is 47.0 Å². The molecular weight excluding hydrogens is 314 g/mol. The van der Waals surface area contributed by atoms with E-state index >= 15 is 0 Å². The quantitative estimate of drug-likeness (QED) is 0.934. The number of imidazole rings is 1. The van der Waals surface area contributed by atoms with E-state index in [1.54, 1.807) is 6.20 Å². The number of rotatable bonds is 3. The van der Waals surface area contributed by atoms with E-state index in [4.69, 9.17) is 0 Å². The van der Waals surface area contributed by atoms with Crippen LogP contribution < -0.4 is 5.32 Å². The lowest BCUT2D eigenvalue weighted by molar-refractivity contribution is 0.0922. The van der Waals surface area contributed by atoms with Crippen LogP contribution in [0, 0.1) is 5.92 Å². The Hall–Kier alpha value is -2.34. The van der Waals surface area contributed by atoms with Crippen LogP contribution in [0.3, 0.4) is 0 Å². The summed E-state index contributed by atoms with van der Waals surface area (Å²) in [4.78, 5) is 21.5. The number of aromatic nitrogens is 2. The average molecular weight is 341 g/mol. The summed E-state index contributed by atoms with van der Waals surface area (Å²) in [5.74, 6) is 1.31. The summed E-state index contributed by atoms with van der Waals surface area (Å²) >= 11 is 0. The van der Waals surface area contributed by atoms with Gasteiger partial charge in [-0.25, -0.2) is 9.78 Å². The number of benzene rings is 1. The molecule has 1 fully saturated rings. The Kier molecular flexibility index (Phi) is 5.08. The Bertz CT molecular complexity index is 739. The van der Waals surface area contributed by atoms with Crippen molar-refractivity contribution in [2.45, 2.75) is 19.9 Å². The van der Waals surface area contributed by atoms with E-state index in [0.717, 1.165) is 36.7 Å². The predicted octanol–water partition coefficient (Wildman–Crippen LogP) is 2.89. The second-order valence-corrected chi connectivity index (χ2v) is 7.14. The number of hydrogen-bond acceptors (Lipinski definition) is 3. The van der Waals surface area contributed by atoms with Gasteiger partial charge in [-0.2, -0.15) is 0 Å². The number of anilines is 1. The lowest BCUT2D eigenvalue weighted by Crippen LogP contribution is -2.57. The molecule has 6 heteroatoms. The highest BCUT2D eigenvalue weighted by atomic mass is 16.2. The van der Waals surface area contributed by atoms with Gasteiger partial charge in [-0.05, 0) is 25.1 Å². The summed E-state index contributed by atoms with van der Waals surface area (Å²) in [6.45, 7) is 6.92. The summed E-state index contributed by atoms with van der Waals surface area (Å²) in [5, 5.41) is 3.06. The highest BCUT2D eigenvalue weighted by Gasteiger charge is 2.31. The first-order valence-corrected chi connectivity index (χ1v) is 8.79. The van der Waals surface area contributed by atoms with Crippen molar-refractivity contribution in [1.29, 1.82) is 0 Å². The molecule has 0 bridgehead atoms. The fraction of sp³-hybridized carbons (Fsp3) is 0.474. The minimum absolute atomic E-state index is 0.0243. The standard InChI is InChI=1S/C19H27N5O/c1-14(2)17-13-22(3)10-11-24(17)19(25)21-16-7-5-6-15(12-16)18-20-8-9-23(18)4/h5-9,12,14,17H,10-11,13H2,1-4H3,(H,21,25)/t17-/m1/s1. The summed E-state index contributed by atoms with van der Waals surface area (Å²) in [7, 11) is 4.08. The third-order valence-corrected chi connectivity index (χ3v) is 4.85. The van der Waals surface area contributed by atoms with Crippen molar-refractivity contribution < 1.29 is 4.79 Å². The fourth-order valence-corrected chi connectivity index (χ4v) is 3.35. The first kappa shape index (κ1) is 17.5. The largest absolute Gasteiger partial charge is 0.334 e. The van der Waals surface area contributed by atoms with Crippen molar-refractivity contribution in [3.05, 3.63) is 36.7 Å². The molecule has 1 N–H and O–H groups in total. The highest BCUT2D eigenvalue weighted by molar-refractivity contribution is 5.90. The van der Waals surface area contributed by atoms with Gasteiger partial charge in [0.25, 0.3) is 0 Å². The van der Waals surface area contributed by atoms with Gasteiger partial charge in [0.1, 0.15) is 5.82 Å². The zero-order chi connectivity index (χ0) is 18.0. The molecular formula is C19H27N5O. The number of amides is 2. The zero-order valence-corrected chi connectivity index (χ0v) is 15.4. The predicted molar refractivity (Wildman–Crippen MR) is 100 cm³/mol. The van der Waals surface area contributed by atoms with Gasteiger partial charge in [0.2, 0.25) is 0 Å². The molecule has 1 aliphatic rings. The van der Waals surface area contributed by atoms with Crippen LogP contribution in [0.1, 0.15) is 13.8 Å². The van der Waals surface area contributed by atoms with Gasteiger partial charge in [0, 0.05) is 56.4 Å². The second-order valence-electron chi connectivity index (χ2n) is 7.14. The molecule has 0 spiro atoms. The van der Waals surface area contributed by atoms with Gasteiger partial charge in [-0.3, -0.25) is 0 Å². The Morgan fingerprint density at radius 1 is 1.28 bits per heavy atom. The third-order valence-electron chi connectivity index (χ3n) is 4.85. The molecule has 25 heavy (non-hydrogen) atoms. The summed E-state index contributed by atoms with van der Waals surface area (Å²) in [6.07, 6.45) is 3.69. The van der Waals surface area contributed by atoms with Crippen molar-refractivity contribution in [3.8, 4) is 11.4 Å². The van der Waals surface area contributed by atoms with Crippen LogP contribution in [0.25, 0.3) is 11.4 Å². The van der Waals surface area contributed by atoms with E-state index in [1.165, 1.54) is 0 Å². The Labute approximate surface area is 149 Å². The first-order valence-electron chi connectivity index (χ1n) is 8.79. The number of hydrogen-bond donors (Lipinski definition) is 1. The molecule has 0 unspecified atom stereocenters. The summed E-state index contributed by atoms with van der Waals surface area (Å²) in [6, 6.07) is 8.06. The molecule has 0 saturated carbocycles. The average Bonchev–Trinajstić information content (AvgIpc) is 3.01. The monoisotopic (exact) mass is 341 g/mol. The topological polar surface area (TPSA) is 53.4 Å². The minimum atomic E-state index is -0.0243. The van der Waals surface area contributed by atoms with E-state index in [0.29, 0.717) is 5.92 Å². The number of nitrogens with zero attached hydrogens (tertiary/aromatic N) is 4. The molecule has 3 rings (SSSR count). The molecule has 2 amide bonds. The summed E-state index contributed by atoms with van der Waals surface area (Å²) in [5.41, 5.74) is 1.79. The van der Waals surface area contributed by atoms with Crippen LogP contribution in [-0.2, 0) is 7.05 Å². The molecule has 134 valence electrons. The Morgan fingerprint density at radius 3 is 2.76 bits per heavy atom. The molecule has 1 aromatic carbocycles. The van der Waals surface area contributed by atoms with Gasteiger partial charge in [-0.15, -0.1) is 0 Å². The number of nitrogens with one attached hydrogen (secondary N) is 1. The van der Waals surface area contributed by atoms with E-state index in [-0.39, 0.29) is 12.1 Å². The minimum Gasteiger partial charge on any atom is -0.334 e. The van der Waals surface area contributed by atoms with Gasteiger partial charge >= 0.3 is 6.03 Å². The van der Waals surface area contributed by atoms with Gasteiger partial charge in [0.05, 0.1) is 0 Å². The maximum Gasteiger partial charge on any atom is 0.322 e. The van der Waals surface area contributed by atoms with E-state index < -0.39 is 0 Å². The number of carbonyl (C=O) groups excluding carboxylic acids is 1. The van der Waals surface area contributed by atoms with Crippen LogP contribution in [-0.4, -0.2) is 58.1 Å². The lowest BCUT2D eigenvalue weighted by atomic mass is 10.0. The number of aryl methyl sites for hydroxylation is 1. The summed E-state index contributed by atoms with van der Waals surface area (Å²) < 4.78 is 1.97. The van der Waals surface area contributed by atoms with Crippen LogP contribution in [0.4, 0.5) is 10.5 Å². The smallest absolute Gasteiger partial charge is 0.322 e. The van der Waals surface area contributed by atoms with Gasteiger partial charge in [0.15, 0.2) is 0 Å². The molecule has 1 atom stereocenters. The zero-order valence-electron chi connectivity index (χ0n) is 15.4. The lowest BCUT2D eigenvalue weighted by Gasteiger charge is -2.42. The highest BCUT2D eigenvalue weighted by Crippen LogP contribution is 2.22. The maximum absolute atomic E-state index is 12.8. The van der Waals surface area contributed by atoms with E-state index in [2.05, 4.69) is 36.1 Å². The number of likely N-dealkylation sites (N-methyl/N-ethyl adjacent to an activating group) is 1.